The monoisotopic (exact) mass is 565 g/mol. The highest BCUT2D eigenvalue weighted by molar-refractivity contribution is 5.92. The van der Waals surface area contributed by atoms with Gasteiger partial charge in [0.05, 0.1) is 0 Å². The van der Waals surface area contributed by atoms with Crippen LogP contribution in [0, 0.1) is 19.8 Å². The summed E-state index contributed by atoms with van der Waals surface area (Å²) < 4.78 is 5.51. The average molecular weight is 566 g/mol. The number of nitrogens with zero attached hydrogens (tertiary/aromatic N) is 1. The normalized spacial score (nSPS) is 12.9. The van der Waals surface area contributed by atoms with Gasteiger partial charge in [0.2, 0.25) is 11.8 Å². The molecule has 3 amide bonds. The Bertz CT molecular complexity index is 1120. The summed E-state index contributed by atoms with van der Waals surface area (Å²) in [6, 6.07) is 14.1. The molecule has 0 saturated heterocycles. The molecule has 0 aliphatic heterocycles. The van der Waals surface area contributed by atoms with Crippen LogP contribution in [0.15, 0.2) is 48.5 Å². The van der Waals surface area contributed by atoms with Crippen molar-refractivity contribution in [1.82, 2.24) is 15.5 Å². The van der Waals surface area contributed by atoms with E-state index in [1.807, 2.05) is 76.2 Å². The fraction of sp³-hybridized carbons (Fsp3) is 0.559. The maximum absolute atomic E-state index is 14.4. The fourth-order valence-corrected chi connectivity index (χ4v) is 4.81. The molecule has 0 heterocycles. The van der Waals surface area contributed by atoms with Crippen molar-refractivity contribution in [2.75, 3.05) is 6.54 Å². The minimum absolute atomic E-state index is 0.131. The molecular formula is C34H51N3O4. The molecule has 7 nitrogen and oxygen atoms in total. The quantitative estimate of drug-likeness (QED) is 0.241. The zero-order valence-corrected chi connectivity index (χ0v) is 26.4. The maximum atomic E-state index is 14.4. The van der Waals surface area contributed by atoms with Gasteiger partial charge in [-0.25, -0.2) is 4.79 Å². The summed E-state index contributed by atoms with van der Waals surface area (Å²) in [5.41, 5.74) is 3.01. The molecule has 0 aromatic heterocycles. The van der Waals surface area contributed by atoms with Crippen molar-refractivity contribution >= 4 is 17.9 Å². The first kappa shape index (κ1) is 33.9. The predicted molar refractivity (Wildman–Crippen MR) is 165 cm³/mol. The number of alkyl carbamates (subject to hydrolysis) is 1. The van der Waals surface area contributed by atoms with E-state index in [1.54, 1.807) is 25.7 Å². The van der Waals surface area contributed by atoms with Crippen molar-refractivity contribution in [2.24, 2.45) is 5.92 Å². The number of unbranched alkanes of at least 4 members (excludes halogenated alkanes) is 3. The minimum Gasteiger partial charge on any atom is -0.444 e. The van der Waals surface area contributed by atoms with Crippen LogP contribution in [0.2, 0.25) is 0 Å². The lowest BCUT2D eigenvalue weighted by Crippen LogP contribution is -2.53. The molecule has 2 unspecified atom stereocenters. The Hall–Kier alpha value is -3.35. The maximum Gasteiger partial charge on any atom is 0.408 e. The number of carbonyl (C=O) groups is 3. The molecule has 2 aromatic carbocycles. The number of rotatable bonds is 14. The van der Waals surface area contributed by atoms with Crippen LogP contribution in [0.1, 0.15) is 102 Å². The molecule has 0 fully saturated rings. The summed E-state index contributed by atoms with van der Waals surface area (Å²) in [4.78, 5) is 43.0. The Labute approximate surface area is 247 Å². The highest BCUT2D eigenvalue weighted by Gasteiger charge is 2.37. The average Bonchev–Trinajstić information content (AvgIpc) is 2.89. The van der Waals surface area contributed by atoms with Crippen molar-refractivity contribution in [3.8, 4) is 0 Å². The van der Waals surface area contributed by atoms with Gasteiger partial charge in [0, 0.05) is 13.1 Å². The van der Waals surface area contributed by atoms with Gasteiger partial charge in [-0.3, -0.25) is 9.59 Å². The van der Waals surface area contributed by atoms with Gasteiger partial charge >= 0.3 is 6.09 Å². The molecule has 226 valence electrons. The number of carbonyl (C=O) groups excluding carboxylic acids is 3. The van der Waals surface area contributed by atoms with Crippen LogP contribution in [0.5, 0.6) is 0 Å². The summed E-state index contributed by atoms with van der Waals surface area (Å²) in [7, 11) is 0. The van der Waals surface area contributed by atoms with Crippen LogP contribution in [0.3, 0.4) is 0 Å². The van der Waals surface area contributed by atoms with Gasteiger partial charge in [0.25, 0.3) is 0 Å². The van der Waals surface area contributed by atoms with Gasteiger partial charge in [0.15, 0.2) is 0 Å². The van der Waals surface area contributed by atoms with E-state index in [9.17, 15) is 14.4 Å². The molecule has 2 aromatic rings. The minimum atomic E-state index is -0.845. The smallest absolute Gasteiger partial charge is 0.408 e. The van der Waals surface area contributed by atoms with E-state index >= 15 is 0 Å². The second-order valence-electron chi connectivity index (χ2n) is 12.4. The lowest BCUT2D eigenvalue weighted by molar-refractivity contribution is -0.143. The zero-order valence-electron chi connectivity index (χ0n) is 26.4. The molecule has 2 atom stereocenters. The van der Waals surface area contributed by atoms with Gasteiger partial charge in [0.1, 0.15) is 17.7 Å². The number of hydrogen-bond donors (Lipinski definition) is 2. The second-order valence-corrected chi connectivity index (χ2v) is 12.4. The highest BCUT2D eigenvalue weighted by atomic mass is 16.6. The third-order valence-corrected chi connectivity index (χ3v) is 6.83. The first-order chi connectivity index (χ1) is 19.3. The van der Waals surface area contributed by atoms with Crippen LogP contribution >= 0.6 is 0 Å². The summed E-state index contributed by atoms with van der Waals surface area (Å²) >= 11 is 0. The van der Waals surface area contributed by atoms with Crippen LogP contribution in [0.4, 0.5) is 4.79 Å². The zero-order chi connectivity index (χ0) is 30.6. The Balaban J connectivity index is 2.53. The summed E-state index contributed by atoms with van der Waals surface area (Å²) in [5.74, 6) is -0.388. The van der Waals surface area contributed by atoms with Crippen LogP contribution in [0.25, 0.3) is 0 Å². The topological polar surface area (TPSA) is 87.7 Å². The van der Waals surface area contributed by atoms with E-state index in [1.165, 1.54) is 0 Å². The second kappa shape index (κ2) is 16.2. The SMILES string of the molecule is CCCCCCN(C(=O)C(CC(C)C)NC(=O)OC(C)(C)C)C(C(=O)NCc1ccccc1)c1cc(C)ccc1C. The molecule has 0 bridgehead atoms. The summed E-state index contributed by atoms with van der Waals surface area (Å²) in [6.07, 6.45) is 3.59. The number of ether oxygens (including phenoxy) is 1. The van der Waals surface area contributed by atoms with Crippen molar-refractivity contribution in [1.29, 1.82) is 0 Å². The van der Waals surface area contributed by atoms with Gasteiger partial charge in [-0.05, 0) is 70.1 Å². The first-order valence-electron chi connectivity index (χ1n) is 15.0. The van der Waals surface area contributed by atoms with E-state index in [-0.39, 0.29) is 17.7 Å². The lowest BCUT2D eigenvalue weighted by Gasteiger charge is -2.35. The number of amides is 3. The number of aryl methyl sites for hydroxylation is 2. The third kappa shape index (κ3) is 11.6. The van der Waals surface area contributed by atoms with Gasteiger partial charge in [-0.2, -0.15) is 0 Å². The number of nitrogens with one attached hydrogen (secondary N) is 2. The van der Waals surface area contributed by atoms with E-state index in [0.29, 0.717) is 19.5 Å². The molecule has 7 heteroatoms. The fourth-order valence-electron chi connectivity index (χ4n) is 4.81. The highest BCUT2D eigenvalue weighted by Crippen LogP contribution is 2.28. The van der Waals surface area contributed by atoms with Crippen molar-refractivity contribution in [3.05, 3.63) is 70.8 Å². The molecule has 0 saturated carbocycles. The van der Waals surface area contributed by atoms with Crippen molar-refractivity contribution < 1.29 is 19.1 Å². The predicted octanol–water partition coefficient (Wildman–Crippen LogP) is 7.01. The largest absolute Gasteiger partial charge is 0.444 e. The molecule has 0 radical (unpaired) electrons. The molecule has 0 spiro atoms. The molecule has 41 heavy (non-hydrogen) atoms. The molecule has 0 aliphatic rings. The standard InChI is InChI=1S/C34H51N3O4/c1-9-10-11-15-20-37(32(39)29(21-24(2)3)36-33(40)41-34(6,7)8)30(28-22-25(4)18-19-26(28)5)31(38)35-23-27-16-13-12-14-17-27/h12-14,16-19,22,24,29-30H,9-11,15,20-21,23H2,1-8H3,(H,35,38)(H,36,40). The first-order valence-corrected chi connectivity index (χ1v) is 15.0. The van der Waals surface area contributed by atoms with Gasteiger partial charge in [-0.1, -0.05) is 94.1 Å². The summed E-state index contributed by atoms with van der Waals surface area (Å²) in [6.45, 7) is 16.2. The number of hydrogen-bond acceptors (Lipinski definition) is 4. The van der Waals surface area contributed by atoms with E-state index in [0.717, 1.165) is 47.9 Å². The molecule has 2 rings (SSSR count). The summed E-state index contributed by atoms with van der Waals surface area (Å²) in [5, 5.41) is 5.92. The molecule has 2 N–H and O–H groups in total. The van der Waals surface area contributed by atoms with Crippen LogP contribution in [-0.4, -0.2) is 41.0 Å². The van der Waals surface area contributed by atoms with Gasteiger partial charge in [-0.15, -0.1) is 0 Å². The van der Waals surface area contributed by atoms with E-state index in [4.69, 9.17) is 4.74 Å². The van der Waals surface area contributed by atoms with E-state index < -0.39 is 23.8 Å². The Morgan fingerprint density at radius 3 is 2.24 bits per heavy atom. The molecular weight excluding hydrogens is 514 g/mol. The van der Waals surface area contributed by atoms with Gasteiger partial charge < -0.3 is 20.3 Å². The third-order valence-electron chi connectivity index (χ3n) is 6.83. The Morgan fingerprint density at radius 1 is 0.951 bits per heavy atom. The number of benzene rings is 2. The Morgan fingerprint density at radius 2 is 1.63 bits per heavy atom. The lowest BCUT2D eigenvalue weighted by atomic mass is 9.94. The van der Waals surface area contributed by atoms with Crippen molar-refractivity contribution in [3.63, 3.8) is 0 Å². The van der Waals surface area contributed by atoms with Crippen LogP contribution in [-0.2, 0) is 20.9 Å². The van der Waals surface area contributed by atoms with Crippen LogP contribution < -0.4 is 10.6 Å². The molecule has 0 aliphatic carbocycles. The Kier molecular flexibility index (Phi) is 13.4. The van der Waals surface area contributed by atoms with E-state index in [2.05, 4.69) is 17.6 Å². The van der Waals surface area contributed by atoms with Crippen molar-refractivity contribution in [2.45, 2.75) is 112 Å².